The summed E-state index contributed by atoms with van der Waals surface area (Å²) in [5.74, 6) is 1.96. The molecule has 1 heterocycles. The van der Waals surface area contributed by atoms with E-state index in [4.69, 9.17) is 4.98 Å². The molecule has 1 fully saturated rings. The van der Waals surface area contributed by atoms with Gasteiger partial charge in [-0.1, -0.05) is 108 Å². The van der Waals surface area contributed by atoms with Gasteiger partial charge in [0.25, 0.3) is 0 Å². The van der Waals surface area contributed by atoms with Crippen molar-refractivity contribution in [2.75, 3.05) is 0 Å². The zero-order chi connectivity index (χ0) is 21.0. The summed E-state index contributed by atoms with van der Waals surface area (Å²) in [6.07, 6.45) is 21.4. The van der Waals surface area contributed by atoms with Crippen LogP contribution in [0.15, 0.2) is 42.6 Å². The third-order valence-corrected chi connectivity index (χ3v) is 7.17. The number of hydrogen-bond donors (Lipinski definition) is 0. The van der Waals surface area contributed by atoms with E-state index < -0.39 is 0 Å². The standard InChI is InChI=1S/C29H43N/c1-3-5-7-8-10-25-11-13-26(14-12-25)15-16-27-19-22-29(30-23-27)28-20-17-24(18-21-28)9-6-4-2/h17-23,25-26H,3-16H2,1-2H3. The third-order valence-electron chi connectivity index (χ3n) is 7.17. The molecule has 1 heteroatoms. The van der Waals surface area contributed by atoms with Gasteiger partial charge in [-0.25, -0.2) is 0 Å². The maximum Gasteiger partial charge on any atom is 0.0702 e. The lowest BCUT2D eigenvalue weighted by molar-refractivity contribution is 0.249. The highest BCUT2D eigenvalue weighted by molar-refractivity contribution is 5.59. The van der Waals surface area contributed by atoms with E-state index in [1.807, 2.05) is 0 Å². The van der Waals surface area contributed by atoms with Crippen molar-refractivity contribution >= 4 is 0 Å². The van der Waals surface area contributed by atoms with Crippen LogP contribution in [0, 0.1) is 11.8 Å². The molecule has 0 N–H and O–H groups in total. The molecule has 2 aromatic rings. The Morgan fingerprint density at radius 3 is 1.97 bits per heavy atom. The molecule has 1 aliphatic rings. The van der Waals surface area contributed by atoms with Crippen molar-refractivity contribution in [1.29, 1.82) is 0 Å². The lowest BCUT2D eigenvalue weighted by Crippen LogP contribution is -2.15. The van der Waals surface area contributed by atoms with Gasteiger partial charge < -0.3 is 0 Å². The van der Waals surface area contributed by atoms with Crippen molar-refractivity contribution in [1.82, 2.24) is 4.98 Å². The van der Waals surface area contributed by atoms with Crippen molar-refractivity contribution < 1.29 is 0 Å². The average Bonchev–Trinajstić information content (AvgIpc) is 2.81. The van der Waals surface area contributed by atoms with E-state index in [9.17, 15) is 0 Å². The van der Waals surface area contributed by atoms with Gasteiger partial charge in [-0.3, -0.25) is 4.98 Å². The van der Waals surface area contributed by atoms with E-state index >= 15 is 0 Å². The molecule has 1 aliphatic carbocycles. The van der Waals surface area contributed by atoms with Crippen LogP contribution in [0.3, 0.4) is 0 Å². The predicted octanol–water partition coefficient (Wildman–Crippen LogP) is 8.80. The van der Waals surface area contributed by atoms with Gasteiger partial charge in [-0.15, -0.1) is 0 Å². The monoisotopic (exact) mass is 405 g/mol. The first-order valence-electron chi connectivity index (χ1n) is 12.8. The summed E-state index contributed by atoms with van der Waals surface area (Å²) < 4.78 is 0. The molecular formula is C29H43N. The van der Waals surface area contributed by atoms with Gasteiger partial charge in [-0.05, 0) is 54.7 Å². The van der Waals surface area contributed by atoms with E-state index in [0.29, 0.717) is 0 Å². The number of hydrogen-bond acceptors (Lipinski definition) is 1. The number of benzene rings is 1. The summed E-state index contributed by atoms with van der Waals surface area (Å²) in [5, 5.41) is 0. The minimum atomic E-state index is 0.937. The van der Waals surface area contributed by atoms with Crippen molar-refractivity contribution in [3.63, 3.8) is 0 Å². The summed E-state index contributed by atoms with van der Waals surface area (Å²) in [5.41, 5.74) is 5.18. The normalized spacial score (nSPS) is 19.1. The van der Waals surface area contributed by atoms with Gasteiger partial charge >= 0.3 is 0 Å². The Balaban J connectivity index is 1.39. The molecule has 30 heavy (non-hydrogen) atoms. The lowest BCUT2D eigenvalue weighted by Gasteiger charge is -2.28. The van der Waals surface area contributed by atoms with Crippen molar-refractivity contribution in [2.24, 2.45) is 11.8 Å². The van der Waals surface area contributed by atoms with E-state index in [-0.39, 0.29) is 0 Å². The average molecular weight is 406 g/mol. The zero-order valence-electron chi connectivity index (χ0n) is 19.5. The fourth-order valence-electron chi connectivity index (χ4n) is 5.01. The van der Waals surface area contributed by atoms with Crippen LogP contribution in [0.5, 0.6) is 0 Å². The van der Waals surface area contributed by atoms with Gasteiger partial charge in [0, 0.05) is 11.8 Å². The summed E-state index contributed by atoms with van der Waals surface area (Å²) in [7, 11) is 0. The van der Waals surface area contributed by atoms with E-state index in [0.717, 1.165) is 17.5 Å². The van der Waals surface area contributed by atoms with Crippen LogP contribution in [-0.4, -0.2) is 4.98 Å². The first-order valence-corrected chi connectivity index (χ1v) is 12.8. The molecule has 0 atom stereocenters. The highest BCUT2D eigenvalue weighted by atomic mass is 14.7. The van der Waals surface area contributed by atoms with Crippen molar-refractivity contribution in [3.05, 3.63) is 53.7 Å². The van der Waals surface area contributed by atoms with Crippen molar-refractivity contribution in [3.8, 4) is 11.3 Å². The minimum absolute atomic E-state index is 0.937. The highest BCUT2D eigenvalue weighted by Crippen LogP contribution is 2.34. The van der Waals surface area contributed by atoms with Gasteiger partial charge in [0.05, 0.1) is 5.69 Å². The number of nitrogens with zero attached hydrogens (tertiary/aromatic N) is 1. The molecule has 0 radical (unpaired) electrons. The van der Waals surface area contributed by atoms with Crippen LogP contribution < -0.4 is 0 Å². The smallest absolute Gasteiger partial charge is 0.0702 e. The number of pyridine rings is 1. The second-order valence-corrected chi connectivity index (χ2v) is 9.63. The summed E-state index contributed by atoms with van der Waals surface area (Å²) >= 11 is 0. The van der Waals surface area contributed by atoms with Gasteiger partial charge in [0.1, 0.15) is 0 Å². The third kappa shape index (κ3) is 7.56. The number of rotatable bonds is 12. The fraction of sp³-hybridized carbons (Fsp3) is 0.621. The molecule has 0 bridgehead atoms. The topological polar surface area (TPSA) is 12.9 Å². The number of aromatic nitrogens is 1. The van der Waals surface area contributed by atoms with Gasteiger partial charge in [0.15, 0.2) is 0 Å². The Kier molecular flexibility index (Phi) is 9.93. The first kappa shape index (κ1) is 23.0. The fourth-order valence-corrected chi connectivity index (χ4v) is 5.01. The quantitative estimate of drug-likeness (QED) is 0.321. The van der Waals surface area contributed by atoms with Gasteiger partial charge in [-0.2, -0.15) is 0 Å². The molecule has 0 spiro atoms. The summed E-state index contributed by atoms with van der Waals surface area (Å²) in [6, 6.07) is 13.5. The first-order chi connectivity index (χ1) is 14.8. The second kappa shape index (κ2) is 12.9. The van der Waals surface area contributed by atoms with Crippen LogP contribution >= 0.6 is 0 Å². The Morgan fingerprint density at radius 1 is 0.667 bits per heavy atom. The molecule has 0 unspecified atom stereocenters. The van der Waals surface area contributed by atoms with E-state index in [1.165, 1.54) is 107 Å². The van der Waals surface area contributed by atoms with Crippen LogP contribution in [-0.2, 0) is 12.8 Å². The second-order valence-electron chi connectivity index (χ2n) is 9.63. The molecule has 1 saturated carbocycles. The van der Waals surface area contributed by atoms with Crippen LogP contribution in [0.25, 0.3) is 11.3 Å². The Morgan fingerprint density at radius 2 is 1.33 bits per heavy atom. The summed E-state index contributed by atoms with van der Waals surface area (Å²) in [6.45, 7) is 4.56. The van der Waals surface area contributed by atoms with Crippen molar-refractivity contribution in [2.45, 2.75) is 104 Å². The largest absolute Gasteiger partial charge is 0.256 e. The highest BCUT2D eigenvalue weighted by Gasteiger charge is 2.20. The lowest BCUT2D eigenvalue weighted by atomic mass is 9.78. The molecule has 0 saturated heterocycles. The zero-order valence-corrected chi connectivity index (χ0v) is 19.5. The predicted molar refractivity (Wildman–Crippen MR) is 131 cm³/mol. The maximum atomic E-state index is 4.77. The Bertz CT molecular complexity index is 692. The maximum absolute atomic E-state index is 4.77. The van der Waals surface area contributed by atoms with Crippen LogP contribution in [0.4, 0.5) is 0 Å². The molecule has 1 aromatic heterocycles. The molecule has 1 nitrogen and oxygen atoms in total. The molecule has 1 aromatic carbocycles. The number of aryl methyl sites for hydroxylation is 2. The Hall–Kier alpha value is -1.63. The van der Waals surface area contributed by atoms with E-state index in [2.05, 4.69) is 56.4 Å². The van der Waals surface area contributed by atoms with E-state index in [1.54, 1.807) is 0 Å². The molecular weight excluding hydrogens is 362 g/mol. The molecule has 0 amide bonds. The van der Waals surface area contributed by atoms with Crippen LogP contribution in [0.1, 0.15) is 102 Å². The Labute approximate surface area is 185 Å². The molecule has 3 rings (SSSR count). The molecule has 0 aliphatic heterocycles. The summed E-state index contributed by atoms with van der Waals surface area (Å²) in [4.78, 5) is 4.77. The van der Waals surface area contributed by atoms with Crippen LogP contribution in [0.2, 0.25) is 0 Å². The SMILES string of the molecule is CCCCCCC1CCC(CCc2ccc(-c3ccc(CCCC)cc3)nc2)CC1. The molecule has 164 valence electrons. The van der Waals surface area contributed by atoms with Gasteiger partial charge in [0.2, 0.25) is 0 Å². The minimum Gasteiger partial charge on any atom is -0.256 e. The number of unbranched alkanes of at least 4 members (excludes halogenated alkanes) is 4.